The molecule has 0 unspecified atom stereocenters. The number of pyridine rings is 1. The zero-order valence-corrected chi connectivity index (χ0v) is 12.7. The van der Waals surface area contributed by atoms with Gasteiger partial charge in [-0.05, 0) is 18.2 Å². The molecular formula is C16H12F3NO4. The first-order valence-electron chi connectivity index (χ1n) is 6.68. The summed E-state index contributed by atoms with van der Waals surface area (Å²) >= 11 is 0. The number of hydrogen-bond acceptors (Lipinski definition) is 5. The number of aromatic nitrogens is 1. The van der Waals surface area contributed by atoms with Gasteiger partial charge in [-0.25, -0.2) is 9.78 Å². The highest BCUT2D eigenvalue weighted by atomic mass is 19.4. The van der Waals surface area contributed by atoms with Crippen molar-refractivity contribution in [3.8, 4) is 11.6 Å². The van der Waals surface area contributed by atoms with E-state index in [4.69, 9.17) is 4.74 Å². The Morgan fingerprint density at radius 2 is 1.75 bits per heavy atom. The van der Waals surface area contributed by atoms with Crippen LogP contribution in [0.4, 0.5) is 13.2 Å². The summed E-state index contributed by atoms with van der Waals surface area (Å²) in [7, 11) is 1.01. The Labute approximate surface area is 135 Å². The Balaban J connectivity index is 2.65. The van der Waals surface area contributed by atoms with Gasteiger partial charge in [0.1, 0.15) is 17.0 Å². The lowest BCUT2D eigenvalue weighted by Gasteiger charge is -2.15. The van der Waals surface area contributed by atoms with Crippen LogP contribution in [0, 0.1) is 0 Å². The summed E-state index contributed by atoms with van der Waals surface area (Å²) in [4.78, 5) is 26.9. The molecular weight excluding hydrogens is 327 g/mol. The van der Waals surface area contributed by atoms with E-state index in [1.54, 1.807) is 18.2 Å². The summed E-state index contributed by atoms with van der Waals surface area (Å²) in [6.07, 6.45) is -4.86. The molecule has 24 heavy (non-hydrogen) atoms. The van der Waals surface area contributed by atoms with Gasteiger partial charge >= 0.3 is 12.1 Å². The van der Waals surface area contributed by atoms with Crippen molar-refractivity contribution in [2.75, 3.05) is 7.11 Å². The van der Waals surface area contributed by atoms with Gasteiger partial charge in [-0.1, -0.05) is 18.2 Å². The number of hydrogen-bond donors (Lipinski definition) is 0. The molecule has 0 bridgehead atoms. The minimum atomic E-state index is -4.86. The van der Waals surface area contributed by atoms with E-state index in [0.29, 0.717) is 6.07 Å². The van der Waals surface area contributed by atoms with E-state index in [0.717, 1.165) is 14.0 Å². The number of alkyl halides is 3. The van der Waals surface area contributed by atoms with Gasteiger partial charge in [-0.15, -0.1) is 0 Å². The number of benzene rings is 1. The number of halogens is 3. The van der Waals surface area contributed by atoms with E-state index >= 15 is 0 Å². The maximum Gasteiger partial charge on any atom is 0.418 e. The van der Waals surface area contributed by atoms with Gasteiger partial charge in [0.05, 0.1) is 12.7 Å². The quantitative estimate of drug-likeness (QED) is 0.625. The first-order valence-corrected chi connectivity index (χ1v) is 6.68. The predicted octanol–water partition coefficient (Wildman–Crippen LogP) is 3.88. The molecule has 0 radical (unpaired) electrons. The molecule has 0 spiro atoms. The lowest BCUT2D eigenvalue weighted by molar-refractivity contribution is -0.138. The number of carbonyl (C=O) groups is 2. The highest BCUT2D eigenvalue weighted by molar-refractivity contribution is 5.97. The van der Waals surface area contributed by atoms with Crippen LogP contribution in [-0.2, 0) is 10.9 Å². The first kappa shape index (κ1) is 17.5. The number of Topliss-reactive ketones (excluding diaryl/α,β-unsaturated/α-hetero) is 1. The van der Waals surface area contributed by atoms with Gasteiger partial charge in [-0.3, -0.25) is 4.79 Å². The van der Waals surface area contributed by atoms with Crippen LogP contribution in [0.5, 0.6) is 11.6 Å². The average Bonchev–Trinajstić information content (AvgIpc) is 2.53. The molecule has 5 nitrogen and oxygen atoms in total. The molecule has 0 amide bonds. The lowest BCUT2D eigenvalue weighted by Crippen LogP contribution is -2.17. The first-order chi connectivity index (χ1) is 11.2. The number of ether oxygens (including phenoxy) is 2. The van der Waals surface area contributed by atoms with Gasteiger partial charge in [-0.2, -0.15) is 13.2 Å². The topological polar surface area (TPSA) is 65.5 Å². The standard InChI is InChI=1S/C16H12F3NO4/c1-9(21)13-12(16(17,18)19)8-11(15(22)23-2)14(20-13)24-10-6-4-3-5-7-10/h3-8H,1-2H3. The van der Waals surface area contributed by atoms with E-state index in [1.807, 2.05) is 0 Å². The van der Waals surface area contributed by atoms with Gasteiger partial charge in [0, 0.05) is 6.92 Å². The molecule has 2 rings (SSSR count). The minimum absolute atomic E-state index is 0.240. The Bertz CT molecular complexity index is 773. The van der Waals surface area contributed by atoms with Crippen molar-refractivity contribution in [1.82, 2.24) is 4.98 Å². The maximum atomic E-state index is 13.1. The highest BCUT2D eigenvalue weighted by Crippen LogP contribution is 2.35. The summed E-state index contributed by atoms with van der Waals surface area (Å²) in [6, 6.07) is 8.51. The van der Waals surface area contributed by atoms with E-state index in [2.05, 4.69) is 9.72 Å². The van der Waals surface area contributed by atoms with Gasteiger partial charge in [0.15, 0.2) is 5.78 Å². The van der Waals surface area contributed by atoms with Crippen LogP contribution >= 0.6 is 0 Å². The summed E-state index contributed by atoms with van der Waals surface area (Å²) in [6.45, 7) is 0.946. The molecule has 0 saturated carbocycles. The smallest absolute Gasteiger partial charge is 0.418 e. The third-order valence-corrected chi connectivity index (χ3v) is 2.99. The third-order valence-electron chi connectivity index (χ3n) is 2.99. The summed E-state index contributed by atoms with van der Waals surface area (Å²) in [5.41, 5.74) is -2.68. The molecule has 0 aliphatic rings. The predicted molar refractivity (Wildman–Crippen MR) is 77.1 cm³/mol. The van der Waals surface area contributed by atoms with Gasteiger partial charge in [0.25, 0.3) is 0 Å². The van der Waals surface area contributed by atoms with E-state index in [1.165, 1.54) is 12.1 Å². The Hall–Kier alpha value is -2.90. The lowest BCUT2D eigenvalue weighted by atomic mass is 10.1. The van der Waals surface area contributed by atoms with Crippen LogP contribution < -0.4 is 4.74 Å². The number of carbonyl (C=O) groups excluding carboxylic acids is 2. The van der Waals surface area contributed by atoms with Crippen LogP contribution in [0.3, 0.4) is 0 Å². The van der Waals surface area contributed by atoms with Crippen LogP contribution in [-0.4, -0.2) is 23.8 Å². The molecule has 0 fully saturated rings. The van der Waals surface area contributed by atoms with E-state index < -0.39 is 40.6 Å². The SMILES string of the molecule is COC(=O)c1cc(C(F)(F)F)c(C(C)=O)nc1Oc1ccccc1. The minimum Gasteiger partial charge on any atom is -0.465 e. The molecule has 126 valence electrons. The molecule has 1 aromatic heterocycles. The highest BCUT2D eigenvalue weighted by Gasteiger charge is 2.38. The number of methoxy groups -OCH3 is 1. The van der Waals surface area contributed by atoms with E-state index in [9.17, 15) is 22.8 Å². The summed E-state index contributed by atoms with van der Waals surface area (Å²) in [5, 5.41) is 0. The van der Waals surface area contributed by atoms with Crippen LogP contribution in [0.15, 0.2) is 36.4 Å². The molecule has 0 atom stereocenters. The summed E-state index contributed by atoms with van der Waals surface area (Å²) < 4.78 is 49.2. The zero-order valence-electron chi connectivity index (χ0n) is 12.7. The number of nitrogens with zero attached hydrogens (tertiary/aromatic N) is 1. The second-order valence-corrected chi connectivity index (χ2v) is 4.70. The zero-order chi connectivity index (χ0) is 17.9. The normalized spacial score (nSPS) is 11.0. The molecule has 1 heterocycles. The van der Waals surface area contributed by atoms with Crippen LogP contribution in [0.2, 0.25) is 0 Å². The molecule has 8 heteroatoms. The number of ketones is 1. The fraction of sp³-hybridized carbons (Fsp3) is 0.188. The molecule has 2 aromatic rings. The van der Waals surface area contributed by atoms with Crippen molar-refractivity contribution < 1.29 is 32.2 Å². The second-order valence-electron chi connectivity index (χ2n) is 4.70. The number of rotatable bonds is 4. The fourth-order valence-corrected chi connectivity index (χ4v) is 1.92. The van der Waals surface area contributed by atoms with Crippen molar-refractivity contribution in [3.05, 3.63) is 53.2 Å². The summed E-state index contributed by atoms with van der Waals surface area (Å²) in [5.74, 6) is -2.17. The van der Waals surface area contributed by atoms with Crippen LogP contribution in [0.25, 0.3) is 0 Å². The van der Waals surface area contributed by atoms with Gasteiger partial charge in [0.2, 0.25) is 5.88 Å². The molecule has 0 N–H and O–H groups in total. The Morgan fingerprint density at radius 1 is 1.12 bits per heavy atom. The van der Waals surface area contributed by atoms with Crippen molar-refractivity contribution >= 4 is 11.8 Å². The van der Waals surface area contributed by atoms with E-state index in [-0.39, 0.29) is 5.75 Å². The maximum absolute atomic E-state index is 13.1. The van der Waals surface area contributed by atoms with Crippen molar-refractivity contribution in [2.45, 2.75) is 13.1 Å². The Morgan fingerprint density at radius 3 is 2.25 bits per heavy atom. The number of esters is 1. The van der Waals surface area contributed by atoms with Crippen molar-refractivity contribution in [1.29, 1.82) is 0 Å². The van der Waals surface area contributed by atoms with Crippen molar-refractivity contribution in [2.24, 2.45) is 0 Å². The molecule has 0 aliphatic carbocycles. The molecule has 1 aromatic carbocycles. The fourth-order valence-electron chi connectivity index (χ4n) is 1.92. The molecule has 0 aliphatic heterocycles. The number of para-hydroxylation sites is 1. The van der Waals surface area contributed by atoms with Crippen LogP contribution in [0.1, 0.15) is 33.3 Å². The largest absolute Gasteiger partial charge is 0.465 e. The van der Waals surface area contributed by atoms with Gasteiger partial charge < -0.3 is 9.47 Å². The van der Waals surface area contributed by atoms with Crippen molar-refractivity contribution in [3.63, 3.8) is 0 Å². The Kier molecular flexibility index (Phi) is 4.87. The average molecular weight is 339 g/mol. The molecule has 0 saturated heterocycles. The third kappa shape index (κ3) is 3.70. The monoisotopic (exact) mass is 339 g/mol. The second kappa shape index (κ2) is 6.69.